The van der Waals surface area contributed by atoms with Crippen molar-refractivity contribution in [1.29, 1.82) is 0 Å². The molecule has 1 aliphatic rings. The van der Waals surface area contributed by atoms with Crippen LogP contribution in [0.1, 0.15) is 25.7 Å². The molecule has 0 N–H and O–H groups in total. The highest BCUT2D eigenvalue weighted by Gasteiger charge is 2.44. The Kier molecular flexibility index (Phi) is 3.66. The van der Waals surface area contributed by atoms with Gasteiger partial charge in [-0.2, -0.15) is 0 Å². The van der Waals surface area contributed by atoms with Crippen LogP contribution in [0.5, 0.6) is 0 Å². The summed E-state index contributed by atoms with van der Waals surface area (Å²) in [5.74, 6) is -1.46. The number of alkyl halides is 1. The fraction of sp³-hybridized carbons (Fsp3) is 0.800. The summed E-state index contributed by atoms with van der Waals surface area (Å²) >= 11 is 0. The third-order valence-corrected chi connectivity index (χ3v) is 2.86. The minimum absolute atomic E-state index is 0.0272. The normalized spacial score (nSPS) is 30.7. The van der Waals surface area contributed by atoms with Crippen molar-refractivity contribution >= 4 is 11.9 Å². The first-order chi connectivity index (χ1) is 7.03. The number of hydrogen-bond acceptors (Lipinski definition) is 4. The molecule has 0 atom stereocenters. The van der Waals surface area contributed by atoms with Gasteiger partial charge >= 0.3 is 11.9 Å². The van der Waals surface area contributed by atoms with E-state index >= 15 is 0 Å². The Labute approximate surface area is 87.7 Å². The minimum atomic E-state index is -1.92. The van der Waals surface area contributed by atoms with Gasteiger partial charge in [0.1, 0.15) is 0 Å². The predicted molar refractivity (Wildman–Crippen MR) is 49.8 cm³/mol. The van der Waals surface area contributed by atoms with Crippen LogP contribution in [0.15, 0.2) is 0 Å². The maximum atomic E-state index is 13.9. The zero-order valence-electron chi connectivity index (χ0n) is 8.92. The van der Waals surface area contributed by atoms with Gasteiger partial charge in [0, 0.05) is 0 Å². The SMILES string of the molecule is COC(=O)[C@H]1CC[C@](F)(C(=O)OC)CC1. The zero-order valence-corrected chi connectivity index (χ0v) is 8.92. The third kappa shape index (κ3) is 2.46. The number of hydrogen-bond donors (Lipinski definition) is 0. The van der Waals surface area contributed by atoms with E-state index in [4.69, 9.17) is 0 Å². The van der Waals surface area contributed by atoms with E-state index in [-0.39, 0.29) is 24.7 Å². The van der Waals surface area contributed by atoms with Crippen LogP contribution in [0.2, 0.25) is 0 Å². The Morgan fingerprint density at radius 3 is 2.13 bits per heavy atom. The molecule has 0 spiro atoms. The molecule has 0 aromatic rings. The van der Waals surface area contributed by atoms with E-state index in [2.05, 4.69) is 9.47 Å². The molecule has 86 valence electrons. The molecule has 0 aliphatic heterocycles. The second kappa shape index (κ2) is 4.59. The summed E-state index contributed by atoms with van der Waals surface area (Å²) < 4.78 is 22.8. The van der Waals surface area contributed by atoms with E-state index in [1.807, 2.05) is 0 Å². The highest BCUT2D eigenvalue weighted by molar-refractivity contribution is 5.80. The summed E-state index contributed by atoms with van der Waals surface area (Å²) in [5.41, 5.74) is -1.92. The van der Waals surface area contributed by atoms with Gasteiger partial charge in [0.25, 0.3) is 0 Å². The average Bonchev–Trinajstić information content (AvgIpc) is 2.28. The minimum Gasteiger partial charge on any atom is -0.469 e. The van der Waals surface area contributed by atoms with Crippen molar-refractivity contribution in [2.24, 2.45) is 5.92 Å². The van der Waals surface area contributed by atoms with Gasteiger partial charge in [0.05, 0.1) is 20.1 Å². The third-order valence-electron chi connectivity index (χ3n) is 2.86. The van der Waals surface area contributed by atoms with Crippen LogP contribution in [-0.2, 0) is 19.1 Å². The average molecular weight is 218 g/mol. The smallest absolute Gasteiger partial charge is 0.343 e. The zero-order chi connectivity index (χ0) is 11.5. The number of methoxy groups -OCH3 is 2. The standard InChI is InChI=1S/C10H15FO4/c1-14-8(12)7-3-5-10(11,6-4-7)9(13)15-2/h7H,3-6H2,1-2H3/t7-,10+. The van der Waals surface area contributed by atoms with Gasteiger partial charge in [0.2, 0.25) is 5.67 Å². The van der Waals surface area contributed by atoms with Gasteiger partial charge in [0.15, 0.2) is 0 Å². The topological polar surface area (TPSA) is 52.6 Å². The van der Waals surface area contributed by atoms with Gasteiger partial charge in [-0.15, -0.1) is 0 Å². The maximum absolute atomic E-state index is 13.9. The Hall–Kier alpha value is -1.13. The van der Waals surface area contributed by atoms with Crippen LogP contribution in [0, 0.1) is 5.92 Å². The van der Waals surface area contributed by atoms with Gasteiger partial charge in [-0.25, -0.2) is 9.18 Å². The Morgan fingerprint density at radius 2 is 1.73 bits per heavy atom. The molecule has 0 aromatic heterocycles. The first kappa shape index (κ1) is 11.9. The van der Waals surface area contributed by atoms with E-state index in [0.29, 0.717) is 12.8 Å². The van der Waals surface area contributed by atoms with Crippen molar-refractivity contribution in [3.8, 4) is 0 Å². The highest BCUT2D eigenvalue weighted by Crippen LogP contribution is 2.36. The van der Waals surface area contributed by atoms with E-state index in [0.717, 1.165) is 7.11 Å². The molecule has 5 heteroatoms. The molecular formula is C10H15FO4. The van der Waals surface area contributed by atoms with Gasteiger partial charge in [-0.05, 0) is 25.7 Å². The van der Waals surface area contributed by atoms with Crippen molar-refractivity contribution < 1.29 is 23.5 Å². The summed E-state index contributed by atoms with van der Waals surface area (Å²) in [6.45, 7) is 0. The fourth-order valence-corrected chi connectivity index (χ4v) is 1.86. The molecule has 0 saturated heterocycles. The molecule has 0 unspecified atom stereocenters. The van der Waals surface area contributed by atoms with Gasteiger partial charge < -0.3 is 9.47 Å². The van der Waals surface area contributed by atoms with Crippen LogP contribution in [-0.4, -0.2) is 31.8 Å². The number of carbonyl (C=O) groups excluding carboxylic acids is 2. The molecule has 0 heterocycles. The number of rotatable bonds is 2. The van der Waals surface area contributed by atoms with Crippen LogP contribution in [0.25, 0.3) is 0 Å². The fourth-order valence-electron chi connectivity index (χ4n) is 1.86. The monoisotopic (exact) mass is 218 g/mol. The van der Waals surface area contributed by atoms with E-state index in [9.17, 15) is 14.0 Å². The molecule has 0 amide bonds. The summed E-state index contributed by atoms with van der Waals surface area (Å²) in [6.07, 6.45) is 0.718. The molecule has 1 fully saturated rings. The molecule has 0 radical (unpaired) electrons. The first-order valence-corrected chi connectivity index (χ1v) is 4.88. The number of ether oxygens (including phenoxy) is 2. The Balaban J connectivity index is 2.55. The van der Waals surface area contributed by atoms with Crippen LogP contribution in [0.3, 0.4) is 0 Å². The summed E-state index contributed by atoms with van der Waals surface area (Å²) in [7, 11) is 2.47. The second-order valence-corrected chi connectivity index (χ2v) is 3.75. The maximum Gasteiger partial charge on any atom is 0.343 e. The molecular weight excluding hydrogens is 203 g/mol. The lowest BCUT2D eigenvalue weighted by molar-refractivity contribution is -0.161. The second-order valence-electron chi connectivity index (χ2n) is 3.75. The van der Waals surface area contributed by atoms with Gasteiger partial charge in [-0.1, -0.05) is 0 Å². The summed E-state index contributed by atoms with van der Waals surface area (Å²) in [5, 5.41) is 0. The summed E-state index contributed by atoms with van der Waals surface area (Å²) in [4.78, 5) is 22.3. The molecule has 1 aliphatic carbocycles. The van der Waals surface area contributed by atoms with Crippen LogP contribution < -0.4 is 0 Å². The lowest BCUT2D eigenvalue weighted by atomic mass is 9.80. The number of halogens is 1. The number of carbonyl (C=O) groups is 2. The quantitative estimate of drug-likeness (QED) is 0.654. The molecule has 4 nitrogen and oxygen atoms in total. The van der Waals surface area contributed by atoms with Crippen LogP contribution >= 0.6 is 0 Å². The van der Waals surface area contributed by atoms with Crippen LogP contribution in [0.4, 0.5) is 4.39 Å². The molecule has 0 aromatic carbocycles. The Morgan fingerprint density at radius 1 is 1.20 bits per heavy atom. The lowest BCUT2D eigenvalue weighted by Gasteiger charge is -2.30. The predicted octanol–water partition coefficient (Wildman–Crippen LogP) is 1.23. The molecule has 1 saturated carbocycles. The van der Waals surface area contributed by atoms with Crippen molar-refractivity contribution in [3.63, 3.8) is 0 Å². The largest absolute Gasteiger partial charge is 0.469 e. The van der Waals surface area contributed by atoms with E-state index < -0.39 is 11.6 Å². The first-order valence-electron chi connectivity index (χ1n) is 4.88. The molecule has 0 bridgehead atoms. The van der Waals surface area contributed by atoms with E-state index in [1.54, 1.807) is 0 Å². The van der Waals surface area contributed by atoms with Gasteiger partial charge in [-0.3, -0.25) is 4.79 Å². The number of esters is 2. The van der Waals surface area contributed by atoms with E-state index in [1.165, 1.54) is 7.11 Å². The molecule has 1 rings (SSSR count). The van der Waals surface area contributed by atoms with Crippen molar-refractivity contribution in [1.82, 2.24) is 0 Å². The summed E-state index contributed by atoms with van der Waals surface area (Å²) in [6, 6.07) is 0. The lowest BCUT2D eigenvalue weighted by Crippen LogP contribution is -2.40. The Bertz CT molecular complexity index is 256. The van der Waals surface area contributed by atoms with Crippen molar-refractivity contribution in [2.45, 2.75) is 31.4 Å². The van der Waals surface area contributed by atoms with Crippen molar-refractivity contribution in [2.75, 3.05) is 14.2 Å². The van der Waals surface area contributed by atoms with Crippen molar-refractivity contribution in [3.05, 3.63) is 0 Å². The highest BCUT2D eigenvalue weighted by atomic mass is 19.1. The molecule has 15 heavy (non-hydrogen) atoms.